The minimum Gasteiger partial charge on any atom is -0.385 e. The first-order valence-electron chi connectivity index (χ1n) is 11.1. The van der Waals surface area contributed by atoms with E-state index in [1.807, 2.05) is 24.3 Å². The van der Waals surface area contributed by atoms with Crippen LogP contribution in [0, 0.1) is 5.92 Å². The molecule has 2 atom stereocenters. The number of thioether (sulfide) groups is 1. The van der Waals surface area contributed by atoms with Crippen molar-refractivity contribution in [2.45, 2.75) is 62.7 Å². The molecule has 1 aliphatic heterocycles. The summed E-state index contributed by atoms with van der Waals surface area (Å²) in [5.41, 5.74) is 0.641. The van der Waals surface area contributed by atoms with Crippen molar-refractivity contribution in [3.63, 3.8) is 0 Å². The first-order chi connectivity index (χ1) is 14.7. The maximum absolute atomic E-state index is 13.1. The minimum absolute atomic E-state index is 0.0445. The third-order valence-corrected chi connectivity index (χ3v) is 7.41. The van der Waals surface area contributed by atoms with Gasteiger partial charge in [-0.15, -0.1) is 0 Å². The number of fused-ring (bicyclic) bond motifs is 2. The average Bonchev–Trinajstić information content (AvgIpc) is 2.79. The molecule has 1 aromatic carbocycles. The molecule has 162 valence electrons. The molecule has 2 aromatic rings. The number of likely N-dealkylation sites (tertiary alicyclic amines) is 1. The lowest BCUT2D eigenvalue weighted by Gasteiger charge is -2.44. The fourth-order valence-corrected chi connectivity index (χ4v) is 5.88. The van der Waals surface area contributed by atoms with E-state index in [2.05, 4.69) is 4.90 Å². The number of carbonyl (C=O) groups excluding carboxylic acids is 1. The van der Waals surface area contributed by atoms with Crippen molar-refractivity contribution < 1.29 is 9.53 Å². The van der Waals surface area contributed by atoms with Gasteiger partial charge in [0.05, 0.1) is 16.7 Å². The summed E-state index contributed by atoms with van der Waals surface area (Å²) < 4.78 is 6.86. The first kappa shape index (κ1) is 21.4. The summed E-state index contributed by atoms with van der Waals surface area (Å²) in [5, 5.41) is 1.24. The molecule has 4 rings (SSSR count). The number of methoxy groups -OCH3 is 1. The monoisotopic (exact) mass is 429 g/mol. The van der Waals surface area contributed by atoms with Crippen LogP contribution >= 0.6 is 11.8 Å². The number of aromatic nitrogens is 2. The molecule has 2 unspecified atom stereocenters. The van der Waals surface area contributed by atoms with Gasteiger partial charge in [0.15, 0.2) is 5.16 Å². The van der Waals surface area contributed by atoms with Gasteiger partial charge in [0, 0.05) is 32.8 Å². The van der Waals surface area contributed by atoms with E-state index < -0.39 is 0 Å². The molecule has 0 bridgehead atoms. The molecule has 6 nitrogen and oxygen atoms in total. The zero-order valence-corrected chi connectivity index (χ0v) is 18.5. The topological polar surface area (TPSA) is 64.4 Å². The van der Waals surface area contributed by atoms with Gasteiger partial charge in [0.25, 0.3) is 5.56 Å². The summed E-state index contributed by atoms with van der Waals surface area (Å²) in [5.74, 6) is 1.19. The Balaban J connectivity index is 1.53. The molecule has 0 N–H and O–H groups in total. The van der Waals surface area contributed by atoms with Crippen LogP contribution in [-0.4, -0.2) is 52.4 Å². The molecule has 1 aliphatic carbocycles. The Kier molecular flexibility index (Phi) is 7.10. The van der Waals surface area contributed by atoms with Crippen LogP contribution in [0.5, 0.6) is 0 Å². The van der Waals surface area contributed by atoms with Gasteiger partial charge in [0.1, 0.15) is 0 Å². The molecule has 2 heterocycles. The van der Waals surface area contributed by atoms with Crippen molar-refractivity contribution in [1.82, 2.24) is 14.5 Å². The Morgan fingerprint density at radius 1 is 1.20 bits per heavy atom. The van der Waals surface area contributed by atoms with Gasteiger partial charge in [-0.25, -0.2) is 4.98 Å². The maximum Gasteiger partial charge on any atom is 0.262 e. The molecule has 30 heavy (non-hydrogen) atoms. The fraction of sp³-hybridized carbons (Fsp3) is 0.609. The normalized spacial score (nSPS) is 21.6. The lowest BCUT2D eigenvalue weighted by atomic mass is 9.78. The van der Waals surface area contributed by atoms with Gasteiger partial charge < -0.3 is 9.64 Å². The fourth-order valence-electron chi connectivity index (χ4n) is 4.97. The number of nitrogens with zero attached hydrogens (tertiary/aromatic N) is 3. The number of para-hydroxylation sites is 1. The van der Waals surface area contributed by atoms with E-state index in [9.17, 15) is 9.59 Å². The van der Waals surface area contributed by atoms with Crippen LogP contribution < -0.4 is 5.56 Å². The summed E-state index contributed by atoms with van der Waals surface area (Å²) in [4.78, 5) is 33.0. The van der Waals surface area contributed by atoms with Crippen molar-refractivity contribution in [3.8, 4) is 0 Å². The van der Waals surface area contributed by atoms with E-state index in [4.69, 9.17) is 9.72 Å². The molecule has 2 aliphatic rings. The predicted octanol–water partition coefficient (Wildman–Crippen LogP) is 3.71. The van der Waals surface area contributed by atoms with Crippen LogP contribution in [0.25, 0.3) is 10.9 Å². The second-order valence-corrected chi connectivity index (χ2v) is 9.29. The predicted molar refractivity (Wildman–Crippen MR) is 120 cm³/mol. The van der Waals surface area contributed by atoms with E-state index in [0.717, 1.165) is 25.8 Å². The van der Waals surface area contributed by atoms with Gasteiger partial charge in [0.2, 0.25) is 5.91 Å². The average molecular weight is 430 g/mol. The minimum atomic E-state index is -0.0445. The van der Waals surface area contributed by atoms with E-state index in [0.29, 0.717) is 46.9 Å². The maximum atomic E-state index is 13.1. The highest BCUT2D eigenvalue weighted by molar-refractivity contribution is 7.99. The number of hydrogen-bond donors (Lipinski definition) is 0. The second-order valence-electron chi connectivity index (χ2n) is 8.34. The zero-order valence-electron chi connectivity index (χ0n) is 17.7. The molecule has 1 saturated carbocycles. The van der Waals surface area contributed by atoms with Crippen LogP contribution in [0.1, 0.15) is 44.9 Å². The molecule has 7 heteroatoms. The molecule has 1 saturated heterocycles. The highest BCUT2D eigenvalue weighted by Gasteiger charge is 2.35. The van der Waals surface area contributed by atoms with Crippen molar-refractivity contribution >= 4 is 28.6 Å². The lowest BCUT2D eigenvalue weighted by molar-refractivity contribution is -0.134. The summed E-state index contributed by atoms with van der Waals surface area (Å²) >= 11 is 1.40. The van der Waals surface area contributed by atoms with Crippen LogP contribution in [-0.2, 0) is 16.1 Å². The van der Waals surface area contributed by atoms with Gasteiger partial charge in [-0.1, -0.05) is 36.7 Å². The Bertz CT molecular complexity index is 943. The third kappa shape index (κ3) is 4.57. The van der Waals surface area contributed by atoms with Gasteiger partial charge in [-0.2, -0.15) is 0 Å². The van der Waals surface area contributed by atoms with Gasteiger partial charge in [-0.05, 0) is 50.2 Å². The van der Waals surface area contributed by atoms with E-state index in [-0.39, 0.29) is 11.5 Å². The highest BCUT2D eigenvalue weighted by atomic mass is 32.2. The van der Waals surface area contributed by atoms with Crippen molar-refractivity contribution in [2.24, 2.45) is 5.92 Å². The standard InChI is InChI=1S/C23H31N3O3S/c1-29-15-7-14-26-22(28)18-10-3-4-11-19(18)24-23(26)30-16-21(27)25-13-6-9-17-8-2-5-12-20(17)25/h3-4,10-11,17,20H,2,5-9,12-16H2,1H3. The van der Waals surface area contributed by atoms with Crippen LogP contribution in [0.3, 0.4) is 0 Å². The highest BCUT2D eigenvalue weighted by Crippen LogP contribution is 2.35. The number of carbonyl (C=O) groups is 1. The van der Waals surface area contributed by atoms with Gasteiger partial charge in [-0.3, -0.25) is 14.2 Å². The molecule has 2 fully saturated rings. The van der Waals surface area contributed by atoms with Crippen molar-refractivity contribution in [1.29, 1.82) is 0 Å². The van der Waals surface area contributed by atoms with Crippen LogP contribution in [0.2, 0.25) is 0 Å². The number of ether oxygens (including phenoxy) is 1. The van der Waals surface area contributed by atoms with Crippen LogP contribution in [0.15, 0.2) is 34.2 Å². The summed E-state index contributed by atoms with van der Waals surface area (Å²) in [6, 6.07) is 7.83. The molecule has 0 spiro atoms. The number of amides is 1. The van der Waals surface area contributed by atoms with E-state index in [1.165, 1.54) is 37.4 Å². The Hall–Kier alpha value is -1.86. The quantitative estimate of drug-likeness (QED) is 0.381. The van der Waals surface area contributed by atoms with Gasteiger partial charge >= 0.3 is 0 Å². The number of piperidine rings is 1. The SMILES string of the molecule is COCCCn1c(SCC(=O)N2CCCC3CCCCC32)nc2ccccc2c1=O. The van der Waals surface area contributed by atoms with E-state index >= 15 is 0 Å². The molecule has 1 amide bonds. The number of benzene rings is 1. The number of rotatable bonds is 7. The Morgan fingerprint density at radius 2 is 2.00 bits per heavy atom. The molecule has 1 aromatic heterocycles. The summed E-state index contributed by atoms with van der Waals surface area (Å²) in [7, 11) is 1.66. The van der Waals surface area contributed by atoms with Crippen LogP contribution in [0.4, 0.5) is 0 Å². The van der Waals surface area contributed by atoms with Crippen molar-refractivity contribution in [2.75, 3.05) is 26.0 Å². The second kappa shape index (κ2) is 9.96. The summed E-state index contributed by atoms with van der Waals surface area (Å²) in [6.07, 6.45) is 8.01. The molecule has 0 radical (unpaired) electrons. The van der Waals surface area contributed by atoms with E-state index in [1.54, 1.807) is 11.7 Å². The smallest absolute Gasteiger partial charge is 0.262 e. The van der Waals surface area contributed by atoms with Crippen molar-refractivity contribution in [3.05, 3.63) is 34.6 Å². The first-order valence-corrected chi connectivity index (χ1v) is 12.1. The lowest BCUT2D eigenvalue weighted by Crippen LogP contribution is -2.50. The summed E-state index contributed by atoms with van der Waals surface area (Å²) in [6.45, 7) is 1.99. The largest absolute Gasteiger partial charge is 0.385 e. The Labute approximate surface area is 182 Å². The Morgan fingerprint density at radius 3 is 2.87 bits per heavy atom. The third-order valence-electron chi connectivity index (χ3n) is 6.45. The number of hydrogen-bond acceptors (Lipinski definition) is 5. The molecular formula is C23H31N3O3S. The zero-order chi connectivity index (χ0) is 20.9. The molecular weight excluding hydrogens is 398 g/mol.